The van der Waals surface area contributed by atoms with E-state index in [9.17, 15) is 4.79 Å². The van der Waals surface area contributed by atoms with Crippen molar-refractivity contribution >= 4 is 22.7 Å². The molecule has 0 unspecified atom stereocenters. The van der Waals surface area contributed by atoms with Crippen molar-refractivity contribution in [2.75, 3.05) is 5.73 Å². The SMILES string of the molecule is Nc1n[nH]c2cc(C(=O)O)ccc12. The molecule has 0 spiro atoms. The van der Waals surface area contributed by atoms with E-state index in [2.05, 4.69) is 10.2 Å². The second-order valence-electron chi connectivity index (χ2n) is 2.67. The number of hydrogen-bond donors (Lipinski definition) is 3. The third kappa shape index (κ3) is 1.10. The van der Waals surface area contributed by atoms with Gasteiger partial charge in [-0.2, -0.15) is 5.10 Å². The molecular formula is C8H7N3O2. The van der Waals surface area contributed by atoms with Crippen LogP contribution in [0.1, 0.15) is 10.4 Å². The summed E-state index contributed by atoms with van der Waals surface area (Å²) in [5.74, 6) is -0.581. The number of carbonyl (C=O) groups is 1. The first-order chi connectivity index (χ1) is 6.18. The van der Waals surface area contributed by atoms with Crippen LogP contribution in [-0.2, 0) is 0 Å². The first-order valence-corrected chi connectivity index (χ1v) is 3.65. The number of nitrogens with zero attached hydrogens (tertiary/aromatic N) is 1. The Morgan fingerprint density at radius 2 is 2.31 bits per heavy atom. The summed E-state index contributed by atoms with van der Waals surface area (Å²) in [4.78, 5) is 10.6. The van der Waals surface area contributed by atoms with E-state index in [0.29, 0.717) is 11.3 Å². The van der Waals surface area contributed by atoms with Gasteiger partial charge in [-0.3, -0.25) is 5.10 Å². The van der Waals surface area contributed by atoms with Crippen LogP contribution in [0.15, 0.2) is 18.2 Å². The molecule has 0 aliphatic rings. The summed E-state index contributed by atoms with van der Waals surface area (Å²) in [6.45, 7) is 0. The zero-order valence-corrected chi connectivity index (χ0v) is 6.61. The number of aromatic carboxylic acids is 1. The van der Waals surface area contributed by atoms with Gasteiger partial charge in [0.25, 0.3) is 0 Å². The fourth-order valence-electron chi connectivity index (χ4n) is 1.17. The number of aromatic amines is 1. The highest BCUT2D eigenvalue weighted by Crippen LogP contribution is 2.18. The summed E-state index contributed by atoms with van der Waals surface area (Å²) in [7, 11) is 0. The van der Waals surface area contributed by atoms with E-state index >= 15 is 0 Å². The predicted octanol–water partition coefficient (Wildman–Crippen LogP) is 0.843. The van der Waals surface area contributed by atoms with Gasteiger partial charge < -0.3 is 10.8 Å². The Balaban J connectivity index is 2.70. The molecule has 1 aromatic carbocycles. The fraction of sp³-hybridized carbons (Fsp3) is 0. The van der Waals surface area contributed by atoms with Crippen LogP contribution in [-0.4, -0.2) is 21.3 Å². The summed E-state index contributed by atoms with van der Waals surface area (Å²) in [5, 5.41) is 15.8. The number of nitrogen functional groups attached to an aromatic ring is 1. The van der Waals surface area contributed by atoms with Gasteiger partial charge in [0, 0.05) is 5.39 Å². The first kappa shape index (κ1) is 7.60. The van der Waals surface area contributed by atoms with E-state index in [0.717, 1.165) is 5.39 Å². The second kappa shape index (κ2) is 2.48. The van der Waals surface area contributed by atoms with Crippen molar-refractivity contribution in [1.82, 2.24) is 10.2 Å². The topological polar surface area (TPSA) is 92.0 Å². The van der Waals surface area contributed by atoms with E-state index in [1.54, 1.807) is 6.07 Å². The van der Waals surface area contributed by atoms with Crippen molar-refractivity contribution in [2.24, 2.45) is 0 Å². The minimum atomic E-state index is -0.963. The molecule has 1 aromatic heterocycles. The highest BCUT2D eigenvalue weighted by Gasteiger charge is 2.06. The summed E-state index contributed by atoms with van der Waals surface area (Å²) in [6.07, 6.45) is 0. The number of benzene rings is 1. The molecule has 0 aliphatic heterocycles. The zero-order chi connectivity index (χ0) is 9.42. The van der Waals surface area contributed by atoms with Crippen molar-refractivity contribution < 1.29 is 9.90 Å². The van der Waals surface area contributed by atoms with Crippen LogP contribution in [0.25, 0.3) is 10.9 Å². The van der Waals surface area contributed by atoms with Crippen LogP contribution in [0, 0.1) is 0 Å². The van der Waals surface area contributed by atoms with Crippen molar-refractivity contribution in [1.29, 1.82) is 0 Å². The molecule has 1 heterocycles. The fourth-order valence-corrected chi connectivity index (χ4v) is 1.17. The number of aromatic nitrogens is 2. The van der Waals surface area contributed by atoms with Gasteiger partial charge in [-0.15, -0.1) is 0 Å². The van der Waals surface area contributed by atoms with Gasteiger partial charge in [0.1, 0.15) is 0 Å². The Morgan fingerprint density at radius 1 is 1.54 bits per heavy atom. The molecule has 2 rings (SSSR count). The largest absolute Gasteiger partial charge is 0.478 e. The van der Waals surface area contributed by atoms with Crippen LogP contribution >= 0.6 is 0 Å². The molecule has 5 nitrogen and oxygen atoms in total. The molecule has 0 bridgehead atoms. The van der Waals surface area contributed by atoms with E-state index in [1.807, 2.05) is 0 Å². The van der Waals surface area contributed by atoms with Gasteiger partial charge in [-0.1, -0.05) is 0 Å². The monoisotopic (exact) mass is 177 g/mol. The number of anilines is 1. The van der Waals surface area contributed by atoms with Crippen molar-refractivity contribution in [3.8, 4) is 0 Å². The zero-order valence-electron chi connectivity index (χ0n) is 6.61. The Morgan fingerprint density at radius 3 is 3.00 bits per heavy atom. The van der Waals surface area contributed by atoms with Crippen LogP contribution < -0.4 is 5.73 Å². The van der Waals surface area contributed by atoms with Gasteiger partial charge in [-0.25, -0.2) is 4.79 Å². The third-order valence-electron chi connectivity index (χ3n) is 1.84. The maximum Gasteiger partial charge on any atom is 0.335 e. The van der Waals surface area contributed by atoms with E-state index in [-0.39, 0.29) is 5.56 Å². The second-order valence-corrected chi connectivity index (χ2v) is 2.67. The summed E-state index contributed by atoms with van der Waals surface area (Å²) in [6, 6.07) is 4.63. The lowest BCUT2D eigenvalue weighted by Crippen LogP contribution is -1.94. The number of carboxylic acids is 1. The van der Waals surface area contributed by atoms with Crippen LogP contribution in [0.2, 0.25) is 0 Å². The molecule has 4 N–H and O–H groups in total. The molecule has 0 amide bonds. The van der Waals surface area contributed by atoms with Gasteiger partial charge >= 0.3 is 5.97 Å². The van der Waals surface area contributed by atoms with Gasteiger partial charge in [0.2, 0.25) is 0 Å². The molecule has 13 heavy (non-hydrogen) atoms. The minimum absolute atomic E-state index is 0.219. The van der Waals surface area contributed by atoms with Gasteiger partial charge in [0.05, 0.1) is 11.1 Å². The van der Waals surface area contributed by atoms with E-state index in [4.69, 9.17) is 10.8 Å². The normalized spacial score (nSPS) is 10.5. The average Bonchev–Trinajstić information content (AvgIpc) is 2.47. The summed E-state index contributed by atoms with van der Waals surface area (Å²) < 4.78 is 0. The van der Waals surface area contributed by atoms with E-state index in [1.165, 1.54) is 12.1 Å². The Labute approximate surface area is 73.2 Å². The smallest absolute Gasteiger partial charge is 0.335 e. The molecule has 0 saturated heterocycles. The molecular weight excluding hydrogens is 170 g/mol. The molecule has 0 saturated carbocycles. The number of nitrogens with two attached hydrogens (primary N) is 1. The highest BCUT2D eigenvalue weighted by atomic mass is 16.4. The molecule has 2 aromatic rings. The number of hydrogen-bond acceptors (Lipinski definition) is 3. The lowest BCUT2D eigenvalue weighted by molar-refractivity contribution is 0.0697. The maximum absolute atomic E-state index is 10.6. The van der Waals surface area contributed by atoms with Crippen molar-refractivity contribution in [3.63, 3.8) is 0 Å². The first-order valence-electron chi connectivity index (χ1n) is 3.65. The van der Waals surface area contributed by atoms with Gasteiger partial charge in [-0.05, 0) is 18.2 Å². The number of H-pyrrole nitrogens is 1. The Hall–Kier alpha value is -2.04. The Bertz CT molecular complexity index is 475. The number of nitrogens with one attached hydrogen (secondary N) is 1. The van der Waals surface area contributed by atoms with Crippen molar-refractivity contribution in [3.05, 3.63) is 23.8 Å². The highest BCUT2D eigenvalue weighted by molar-refractivity contribution is 5.96. The lowest BCUT2D eigenvalue weighted by atomic mass is 10.1. The van der Waals surface area contributed by atoms with Crippen molar-refractivity contribution in [2.45, 2.75) is 0 Å². The molecule has 0 radical (unpaired) electrons. The number of rotatable bonds is 1. The minimum Gasteiger partial charge on any atom is -0.478 e. The maximum atomic E-state index is 10.6. The summed E-state index contributed by atoms with van der Waals surface area (Å²) in [5.41, 5.74) is 6.37. The molecule has 0 fully saturated rings. The average molecular weight is 177 g/mol. The number of carboxylic acid groups (broad SMARTS) is 1. The third-order valence-corrected chi connectivity index (χ3v) is 1.84. The summed E-state index contributed by atoms with van der Waals surface area (Å²) >= 11 is 0. The molecule has 5 heteroatoms. The molecule has 0 atom stereocenters. The Kier molecular flexibility index (Phi) is 1.45. The quantitative estimate of drug-likeness (QED) is 0.601. The van der Waals surface area contributed by atoms with E-state index < -0.39 is 5.97 Å². The molecule has 66 valence electrons. The number of fused-ring (bicyclic) bond motifs is 1. The molecule has 0 aliphatic carbocycles. The van der Waals surface area contributed by atoms with Crippen LogP contribution in [0.5, 0.6) is 0 Å². The predicted molar refractivity (Wildman–Crippen MR) is 47.5 cm³/mol. The standard InChI is InChI=1S/C8H7N3O2/c9-7-5-2-1-4(8(12)13)3-6(5)10-11-7/h1-3H,(H,12,13)(H3,9,10,11). The van der Waals surface area contributed by atoms with Crippen LogP contribution in [0.4, 0.5) is 5.82 Å². The van der Waals surface area contributed by atoms with Crippen LogP contribution in [0.3, 0.4) is 0 Å². The lowest BCUT2D eigenvalue weighted by Gasteiger charge is -1.93. The van der Waals surface area contributed by atoms with Gasteiger partial charge in [0.15, 0.2) is 5.82 Å².